The molecule has 0 bridgehead atoms. The first-order chi connectivity index (χ1) is 10.7. The van der Waals surface area contributed by atoms with E-state index in [1.54, 1.807) is 9.80 Å². The quantitative estimate of drug-likeness (QED) is 0.827. The molecule has 0 spiro atoms. The zero-order valence-electron chi connectivity index (χ0n) is 12.3. The van der Waals surface area contributed by atoms with Crippen molar-refractivity contribution in [2.45, 2.75) is 18.9 Å². The maximum absolute atomic E-state index is 13.0. The van der Waals surface area contributed by atoms with E-state index in [1.807, 2.05) is 0 Å². The van der Waals surface area contributed by atoms with E-state index in [-0.39, 0.29) is 17.6 Å². The van der Waals surface area contributed by atoms with E-state index in [2.05, 4.69) is 0 Å². The molecule has 0 saturated carbocycles. The van der Waals surface area contributed by atoms with Gasteiger partial charge in [0.25, 0.3) is 5.91 Å². The van der Waals surface area contributed by atoms with Crippen LogP contribution in [0.4, 0.5) is 4.39 Å². The number of halogens is 1. The van der Waals surface area contributed by atoms with E-state index in [4.69, 9.17) is 4.74 Å². The molecule has 5 nitrogen and oxygen atoms in total. The van der Waals surface area contributed by atoms with Gasteiger partial charge in [-0.2, -0.15) is 0 Å². The molecule has 2 fully saturated rings. The normalized spacial score (nSPS) is 22.0. The van der Waals surface area contributed by atoms with Gasteiger partial charge in [-0.15, -0.1) is 0 Å². The van der Waals surface area contributed by atoms with Crippen LogP contribution in [-0.4, -0.2) is 60.5 Å². The minimum atomic E-state index is -0.407. The monoisotopic (exact) mass is 306 g/mol. The van der Waals surface area contributed by atoms with Gasteiger partial charge in [0.05, 0.1) is 13.2 Å². The van der Waals surface area contributed by atoms with Gasteiger partial charge >= 0.3 is 0 Å². The Morgan fingerprint density at radius 2 is 1.77 bits per heavy atom. The maximum Gasteiger partial charge on any atom is 0.254 e. The number of benzene rings is 1. The fourth-order valence-corrected chi connectivity index (χ4v) is 3.02. The summed E-state index contributed by atoms with van der Waals surface area (Å²) in [5, 5.41) is 0. The van der Waals surface area contributed by atoms with Gasteiger partial charge in [0.15, 0.2) is 0 Å². The lowest BCUT2D eigenvalue weighted by molar-refractivity contribution is -0.139. The molecule has 0 unspecified atom stereocenters. The Morgan fingerprint density at radius 1 is 1.09 bits per heavy atom. The molecule has 0 aliphatic carbocycles. The van der Waals surface area contributed by atoms with Crippen molar-refractivity contribution in [1.29, 1.82) is 0 Å². The van der Waals surface area contributed by atoms with Crippen LogP contribution in [-0.2, 0) is 9.53 Å². The molecule has 0 N–H and O–H groups in total. The molecule has 3 rings (SSSR count). The molecule has 118 valence electrons. The van der Waals surface area contributed by atoms with Crippen molar-refractivity contribution in [2.75, 3.05) is 32.8 Å². The number of nitrogens with zero attached hydrogens (tertiary/aromatic N) is 2. The van der Waals surface area contributed by atoms with Crippen LogP contribution in [0.25, 0.3) is 0 Å². The van der Waals surface area contributed by atoms with Gasteiger partial charge < -0.3 is 14.5 Å². The molecule has 6 heteroatoms. The minimum absolute atomic E-state index is 0.00346. The third-order valence-corrected chi connectivity index (χ3v) is 4.21. The summed E-state index contributed by atoms with van der Waals surface area (Å²) in [5.74, 6) is -0.584. The van der Waals surface area contributed by atoms with Gasteiger partial charge in [-0.1, -0.05) is 0 Å². The maximum atomic E-state index is 13.0. The Kier molecular flexibility index (Phi) is 4.38. The Bertz CT molecular complexity index is 555. The molecule has 0 aromatic heterocycles. The van der Waals surface area contributed by atoms with Crippen LogP contribution in [0.5, 0.6) is 0 Å². The van der Waals surface area contributed by atoms with E-state index in [9.17, 15) is 14.0 Å². The fraction of sp³-hybridized carbons (Fsp3) is 0.500. The highest BCUT2D eigenvalue weighted by Crippen LogP contribution is 2.22. The van der Waals surface area contributed by atoms with Crippen LogP contribution in [0.3, 0.4) is 0 Å². The summed E-state index contributed by atoms with van der Waals surface area (Å²) in [6.45, 7) is 2.81. The number of hydrogen-bond donors (Lipinski definition) is 0. The predicted molar refractivity (Wildman–Crippen MR) is 77.9 cm³/mol. The number of amides is 2. The highest BCUT2D eigenvalue weighted by atomic mass is 19.1. The van der Waals surface area contributed by atoms with E-state index < -0.39 is 6.04 Å². The Hall–Kier alpha value is -1.95. The molecule has 22 heavy (non-hydrogen) atoms. The zero-order chi connectivity index (χ0) is 15.5. The van der Waals surface area contributed by atoms with E-state index in [1.165, 1.54) is 24.3 Å². The molecule has 2 heterocycles. The van der Waals surface area contributed by atoms with Gasteiger partial charge in [0, 0.05) is 25.2 Å². The molecule has 0 radical (unpaired) electrons. The summed E-state index contributed by atoms with van der Waals surface area (Å²) in [6, 6.07) is 5.05. The summed E-state index contributed by atoms with van der Waals surface area (Å²) >= 11 is 0. The highest BCUT2D eigenvalue weighted by Gasteiger charge is 2.37. The standard InChI is InChI=1S/C16H19FN2O3/c17-13-5-3-12(4-6-13)15(20)19-7-1-2-14(19)16(21)18-8-10-22-11-9-18/h3-6,14H,1-2,7-11H2/t14-/m0/s1. The van der Waals surface area contributed by atoms with Crippen molar-refractivity contribution in [3.63, 3.8) is 0 Å². The lowest BCUT2D eigenvalue weighted by atomic mass is 10.1. The molecule has 2 aliphatic rings. The summed E-state index contributed by atoms with van der Waals surface area (Å²) < 4.78 is 18.2. The van der Waals surface area contributed by atoms with Crippen molar-refractivity contribution < 1.29 is 18.7 Å². The largest absolute Gasteiger partial charge is 0.378 e. The van der Waals surface area contributed by atoms with Crippen LogP contribution in [0.15, 0.2) is 24.3 Å². The van der Waals surface area contributed by atoms with Crippen molar-refractivity contribution in [3.05, 3.63) is 35.6 Å². The van der Waals surface area contributed by atoms with Crippen LogP contribution in [0, 0.1) is 5.82 Å². The van der Waals surface area contributed by atoms with Crippen molar-refractivity contribution in [1.82, 2.24) is 9.80 Å². The van der Waals surface area contributed by atoms with Gasteiger partial charge in [0.1, 0.15) is 11.9 Å². The van der Waals surface area contributed by atoms with E-state index in [0.29, 0.717) is 44.8 Å². The lowest BCUT2D eigenvalue weighted by Crippen LogP contribution is -2.51. The third-order valence-electron chi connectivity index (χ3n) is 4.21. The van der Waals surface area contributed by atoms with Gasteiger partial charge in [-0.05, 0) is 37.1 Å². The lowest BCUT2D eigenvalue weighted by Gasteiger charge is -2.32. The van der Waals surface area contributed by atoms with Crippen molar-refractivity contribution in [2.24, 2.45) is 0 Å². The molecule has 1 aromatic carbocycles. The molecule has 2 saturated heterocycles. The van der Waals surface area contributed by atoms with Gasteiger partial charge in [-0.3, -0.25) is 9.59 Å². The van der Waals surface area contributed by atoms with E-state index >= 15 is 0 Å². The smallest absolute Gasteiger partial charge is 0.254 e. The summed E-state index contributed by atoms with van der Waals surface area (Å²) in [7, 11) is 0. The molecule has 2 amide bonds. The second kappa shape index (κ2) is 6.44. The number of likely N-dealkylation sites (tertiary alicyclic amines) is 1. The number of morpholine rings is 1. The molecular formula is C16H19FN2O3. The topological polar surface area (TPSA) is 49.9 Å². The second-order valence-electron chi connectivity index (χ2n) is 5.60. The van der Waals surface area contributed by atoms with Crippen LogP contribution >= 0.6 is 0 Å². The highest BCUT2D eigenvalue weighted by molar-refractivity contribution is 5.98. The number of rotatable bonds is 2. The number of ether oxygens (including phenoxy) is 1. The van der Waals surface area contributed by atoms with Crippen molar-refractivity contribution >= 4 is 11.8 Å². The summed E-state index contributed by atoms with van der Waals surface area (Å²) in [4.78, 5) is 28.6. The van der Waals surface area contributed by atoms with E-state index in [0.717, 1.165) is 6.42 Å². The Balaban J connectivity index is 1.73. The predicted octanol–water partition coefficient (Wildman–Crippen LogP) is 1.29. The number of hydrogen-bond acceptors (Lipinski definition) is 3. The molecular weight excluding hydrogens is 287 g/mol. The Morgan fingerprint density at radius 3 is 2.45 bits per heavy atom. The first-order valence-electron chi connectivity index (χ1n) is 7.60. The van der Waals surface area contributed by atoms with Gasteiger partial charge in [0.2, 0.25) is 5.91 Å². The van der Waals surface area contributed by atoms with Crippen LogP contribution in [0.2, 0.25) is 0 Å². The minimum Gasteiger partial charge on any atom is -0.378 e. The average molecular weight is 306 g/mol. The molecule has 2 aliphatic heterocycles. The van der Waals surface area contributed by atoms with Crippen LogP contribution in [0.1, 0.15) is 23.2 Å². The van der Waals surface area contributed by atoms with Crippen molar-refractivity contribution in [3.8, 4) is 0 Å². The third kappa shape index (κ3) is 2.97. The molecule has 1 atom stereocenters. The first-order valence-corrected chi connectivity index (χ1v) is 7.60. The second-order valence-corrected chi connectivity index (χ2v) is 5.60. The first kappa shape index (κ1) is 15.0. The van der Waals surface area contributed by atoms with Gasteiger partial charge in [-0.25, -0.2) is 4.39 Å². The molecule has 1 aromatic rings. The van der Waals surface area contributed by atoms with Crippen LogP contribution < -0.4 is 0 Å². The summed E-state index contributed by atoms with van der Waals surface area (Å²) in [5.41, 5.74) is 0.420. The SMILES string of the molecule is O=C([C@@H]1CCCN1C(=O)c1ccc(F)cc1)N1CCOCC1. The Labute approximate surface area is 128 Å². The number of carbonyl (C=O) groups excluding carboxylic acids is 2. The summed E-state index contributed by atoms with van der Waals surface area (Å²) in [6.07, 6.45) is 1.50. The fourth-order valence-electron chi connectivity index (χ4n) is 3.02. The zero-order valence-corrected chi connectivity index (χ0v) is 12.3. The average Bonchev–Trinajstić information content (AvgIpc) is 3.04. The number of carbonyl (C=O) groups is 2.